The fraction of sp³-hybridized carbons (Fsp3) is 0.667. The van der Waals surface area contributed by atoms with Crippen molar-refractivity contribution in [3.8, 4) is 0 Å². The third-order valence-electron chi connectivity index (χ3n) is 1.53. The number of sulfonamides is 1. The molecule has 7 heteroatoms. The van der Waals surface area contributed by atoms with Crippen LogP contribution in [0.1, 0.15) is 0 Å². The van der Waals surface area contributed by atoms with Crippen molar-refractivity contribution in [2.45, 2.75) is 0 Å². The normalized spacial score (nSPS) is 13.6. The number of hydrogen-bond donors (Lipinski definition) is 0. The van der Waals surface area contributed by atoms with E-state index in [0.717, 1.165) is 4.31 Å². The summed E-state index contributed by atoms with van der Waals surface area (Å²) in [5.74, 6) is 0. The van der Waals surface area contributed by atoms with Crippen molar-refractivity contribution in [3.05, 3.63) is 11.2 Å². The van der Waals surface area contributed by atoms with Crippen LogP contribution in [0.4, 0.5) is 0 Å². The molecular weight excluding hydrogens is 228 g/mol. The lowest BCUT2D eigenvalue weighted by Gasteiger charge is -2.14. The van der Waals surface area contributed by atoms with Gasteiger partial charge in [-0.2, -0.15) is 0 Å². The maximum absolute atomic E-state index is 11.9. The van der Waals surface area contributed by atoms with Crippen LogP contribution in [0.3, 0.4) is 0 Å². The Morgan fingerprint density at radius 2 is 1.50 bits per heavy atom. The highest BCUT2D eigenvalue weighted by molar-refractivity contribution is 7.92. The SMILES string of the molecule is CN(C)/C=N/C(=C\N(C)C)S(=O)(=O)N(C)C. The fourth-order valence-corrected chi connectivity index (χ4v) is 1.65. The molecule has 0 radical (unpaired) electrons. The van der Waals surface area contributed by atoms with Gasteiger partial charge in [0.25, 0.3) is 10.0 Å². The Kier molecular flexibility index (Phi) is 5.46. The maximum Gasteiger partial charge on any atom is 0.261 e. The molecule has 0 spiro atoms. The molecule has 0 aliphatic heterocycles. The second-order valence-corrected chi connectivity index (χ2v) is 6.03. The van der Waals surface area contributed by atoms with Crippen LogP contribution < -0.4 is 0 Å². The first-order chi connectivity index (χ1) is 7.17. The van der Waals surface area contributed by atoms with Gasteiger partial charge in [-0.1, -0.05) is 0 Å². The summed E-state index contributed by atoms with van der Waals surface area (Å²) in [7, 11) is 6.50. The molecule has 0 saturated carbocycles. The average Bonchev–Trinajstić information content (AvgIpc) is 2.10. The molecule has 0 rings (SSSR count). The highest BCUT2D eigenvalue weighted by atomic mass is 32.2. The number of rotatable bonds is 5. The van der Waals surface area contributed by atoms with Crippen LogP contribution in [-0.2, 0) is 10.0 Å². The Balaban J connectivity index is 5.29. The van der Waals surface area contributed by atoms with Crippen LogP contribution >= 0.6 is 0 Å². The molecule has 0 aromatic rings. The fourth-order valence-electron chi connectivity index (χ4n) is 0.747. The topological polar surface area (TPSA) is 56.2 Å². The third-order valence-corrected chi connectivity index (χ3v) is 3.23. The summed E-state index contributed by atoms with van der Waals surface area (Å²) in [6.07, 6.45) is 2.92. The number of hydrogen-bond acceptors (Lipinski definition) is 4. The van der Waals surface area contributed by atoms with Crippen LogP contribution in [-0.4, -0.2) is 71.1 Å². The van der Waals surface area contributed by atoms with E-state index >= 15 is 0 Å². The van der Waals surface area contributed by atoms with E-state index in [1.807, 2.05) is 0 Å². The molecule has 0 aliphatic rings. The van der Waals surface area contributed by atoms with Crippen molar-refractivity contribution in [1.29, 1.82) is 0 Å². The van der Waals surface area contributed by atoms with Gasteiger partial charge in [-0.3, -0.25) is 0 Å². The predicted octanol–water partition coefficient (Wildman–Crippen LogP) is -0.172. The maximum atomic E-state index is 11.9. The van der Waals surface area contributed by atoms with Crippen molar-refractivity contribution < 1.29 is 8.42 Å². The van der Waals surface area contributed by atoms with E-state index in [1.165, 1.54) is 26.6 Å². The van der Waals surface area contributed by atoms with E-state index in [9.17, 15) is 8.42 Å². The molecule has 94 valence electrons. The van der Waals surface area contributed by atoms with E-state index in [0.29, 0.717) is 0 Å². The second-order valence-electron chi connectivity index (χ2n) is 3.93. The molecule has 16 heavy (non-hydrogen) atoms. The van der Waals surface area contributed by atoms with Crippen LogP contribution in [0.25, 0.3) is 0 Å². The third kappa shape index (κ3) is 4.63. The molecule has 0 aromatic carbocycles. The molecule has 0 aromatic heterocycles. The zero-order valence-corrected chi connectivity index (χ0v) is 11.5. The first-order valence-corrected chi connectivity index (χ1v) is 6.13. The van der Waals surface area contributed by atoms with Gasteiger partial charge in [-0.25, -0.2) is 17.7 Å². The zero-order valence-electron chi connectivity index (χ0n) is 10.7. The average molecular weight is 248 g/mol. The molecule has 0 aliphatic carbocycles. The summed E-state index contributed by atoms with van der Waals surface area (Å²) in [4.78, 5) is 7.26. The molecule has 0 unspecified atom stereocenters. The van der Waals surface area contributed by atoms with E-state index in [1.54, 1.807) is 38.0 Å². The number of nitrogens with zero attached hydrogens (tertiary/aromatic N) is 4. The Morgan fingerprint density at radius 1 is 1.00 bits per heavy atom. The summed E-state index contributed by atoms with van der Waals surface area (Å²) in [5.41, 5.74) is 0. The van der Waals surface area contributed by atoms with Crippen molar-refractivity contribution >= 4 is 16.4 Å². The van der Waals surface area contributed by atoms with Gasteiger partial charge >= 0.3 is 0 Å². The van der Waals surface area contributed by atoms with Crippen molar-refractivity contribution in [1.82, 2.24) is 14.1 Å². The van der Waals surface area contributed by atoms with Crippen molar-refractivity contribution in [3.63, 3.8) is 0 Å². The molecule has 0 atom stereocenters. The standard InChI is InChI=1S/C9H20N4O2S/c1-11(2)7-9(10-8-12(3)4)16(14,15)13(5)6/h7-8H,1-6H3/b9-7+,10-8+. The summed E-state index contributed by atoms with van der Waals surface area (Å²) >= 11 is 0. The largest absolute Gasteiger partial charge is 0.381 e. The number of aliphatic imine (C=N–C) groups is 1. The van der Waals surface area contributed by atoms with Gasteiger partial charge in [-0.05, 0) is 0 Å². The van der Waals surface area contributed by atoms with Crippen LogP contribution in [0.15, 0.2) is 16.2 Å². The Labute approximate surface area is 97.9 Å². The van der Waals surface area contributed by atoms with E-state index in [-0.39, 0.29) is 5.03 Å². The Morgan fingerprint density at radius 3 is 1.81 bits per heavy atom. The molecule has 0 saturated heterocycles. The lowest BCUT2D eigenvalue weighted by Crippen LogP contribution is -2.25. The Hall–Kier alpha value is -1.08. The molecule has 0 N–H and O–H groups in total. The van der Waals surface area contributed by atoms with E-state index in [2.05, 4.69) is 4.99 Å². The smallest absolute Gasteiger partial charge is 0.261 e. The first kappa shape index (κ1) is 14.9. The molecule has 0 bridgehead atoms. The summed E-state index contributed by atoms with van der Waals surface area (Å²) in [6, 6.07) is 0. The van der Waals surface area contributed by atoms with Gasteiger partial charge in [-0.15, -0.1) is 0 Å². The minimum Gasteiger partial charge on any atom is -0.381 e. The summed E-state index contributed by atoms with van der Waals surface area (Å²) in [6.45, 7) is 0. The van der Waals surface area contributed by atoms with Gasteiger partial charge in [0.05, 0.1) is 6.34 Å². The van der Waals surface area contributed by atoms with E-state index in [4.69, 9.17) is 0 Å². The van der Waals surface area contributed by atoms with Gasteiger partial charge < -0.3 is 9.80 Å². The van der Waals surface area contributed by atoms with Crippen molar-refractivity contribution in [2.75, 3.05) is 42.3 Å². The molecular formula is C9H20N4O2S. The highest BCUT2D eigenvalue weighted by Gasteiger charge is 2.20. The van der Waals surface area contributed by atoms with Gasteiger partial charge in [0, 0.05) is 48.5 Å². The van der Waals surface area contributed by atoms with Crippen molar-refractivity contribution in [2.24, 2.45) is 4.99 Å². The van der Waals surface area contributed by atoms with Gasteiger partial charge in [0.15, 0.2) is 5.03 Å². The lowest BCUT2D eigenvalue weighted by atomic mass is 10.8. The van der Waals surface area contributed by atoms with E-state index < -0.39 is 10.0 Å². The monoisotopic (exact) mass is 248 g/mol. The van der Waals surface area contributed by atoms with Gasteiger partial charge in [0.2, 0.25) is 0 Å². The van der Waals surface area contributed by atoms with Crippen LogP contribution in [0.5, 0.6) is 0 Å². The zero-order chi connectivity index (χ0) is 12.9. The summed E-state index contributed by atoms with van der Waals surface area (Å²) in [5, 5.41) is 0.0104. The molecule has 0 heterocycles. The molecule has 0 fully saturated rings. The minimum atomic E-state index is -3.50. The summed E-state index contributed by atoms with van der Waals surface area (Å²) < 4.78 is 24.9. The van der Waals surface area contributed by atoms with Crippen LogP contribution in [0, 0.1) is 0 Å². The second kappa shape index (κ2) is 5.86. The first-order valence-electron chi connectivity index (χ1n) is 4.69. The lowest BCUT2D eigenvalue weighted by molar-refractivity contribution is 0.520. The minimum absolute atomic E-state index is 0.0104. The quantitative estimate of drug-likeness (QED) is 0.500. The Bertz CT molecular complexity index is 369. The predicted molar refractivity (Wildman–Crippen MR) is 66.6 cm³/mol. The molecule has 6 nitrogen and oxygen atoms in total. The molecule has 0 amide bonds. The highest BCUT2D eigenvalue weighted by Crippen LogP contribution is 2.11. The van der Waals surface area contributed by atoms with Crippen LogP contribution in [0.2, 0.25) is 0 Å². The van der Waals surface area contributed by atoms with Gasteiger partial charge in [0.1, 0.15) is 0 Å².